The lowest BCUT2D eigenvalue weighted by molar-refractivity contribution is 0.0943. The molecule has 0 aromatic heterocycles. The predicted molar refractivity (Wildman–Crippen MR) is 94.5 cm³/mol. The minimum atomic E-state index is 0.0834. The van der Waals surface area contributed by atoms with E-state index in [2.05, 4.69) is 22.3 Å². The molecule has 0 atom stereocenters. The molecule has 1 aliphatic heterocycles. The van der Waals surface area contributed by atoms with Gasteiger partial charge in [-0.2, -0.15) is 0 Å². The summed E-state index contributed by atoms with van der Waals surface area (Å²) < 4.78 is 0. The van der Waals surface area contributed by atoms with Gasteiger partial charge >= 0.3 is 0 Å². The number of carbonyl (C=O) groups is 1. The van der Waals surface area contributed by atoms with Gasteiger partial charge in [-0.1, -0.05) is 37.8 Å². The maximum atomic E-state index is 12.3. The average Bonchev–Trinajstić information content (AvgIpc) is 2.62. The second kappa shape index (κ2) is 8.49. The van der Waals surface area contributed by atoms with Crippen molar-refractivity contribution in [3.8, 4) is 0 Å². The van der Waals surface area contributed by atoms with Gasteiger partial charge in [0.25, 0.3) is 5.91 Å². The number of benzene rings is 1. The van der Waals surface area contributed by atoms with Gasteiger partial charge < -0.3 is 5.32 Å². The topological polar surface area (TPSA) is 32.3 Å². The first-order valence-corrected chi connectivity index (χ1v) is 9.41. The van der Waals surface area contributed by atoms with Crippen molar-refractivity contribution in [3.63, 3.8) is 0 Å². The number of rotatable bonds is 5. The Morgan fingerprint density at radius 1 is 0.957 bits per heavy atom. The number of hydrogen-bond donors (Lipinski definition) is 1. The number of likely N-dealkylation sites (tertiary alicyclic amines) is 1. The van der Waals surface area contributed by atoms with Gasteiger partial charge in [0.15, 0.2) is 0 Å². The van der Waals surface area contributed by atoms with Gasteiger partial charge in [0.1, 0.15) is 0 Å². The van der Waals surface area contributed by atoms with Crippen LogP contribution in [0.5, 0.6) is 0 Å². The van der Waals surface area contributed by atoms with Crippen molar-refractivity contribution in [1.29, 1.82) is 0 Å². The zero-order valence-corrected chi connectivity index (χ0v) is 14.2. The second-order valence-electron chi connectivity index (χ2n) is 7.25. The zero-order valence-electron chi connectivity index (χ0n) is 14.2. The van der Waals surface area contributed by atoms with Gasteiger partial charge in [0.2, 0.25) is 0 Å². The first-order valence-electron chi connectivity index (χ1n) is 9.41. The molecule has 0 spiro atoms. The number of hydrogen-bond acceptors (Lipinski definition) is 2. The molecule has 23 heavy (non-hydrogen) atoms. The summed E-state index contributed by atoms with van der Waals surface area (Å²) in [5.74, 6) is 0.770. The monoisotopic (exact) mass is 314 g/mol. The number of nitrogens with zero attached hydrogens (tertiary/aromatic N) is 1. The van der Waals surface area contributed by atoms with Crippen LogP contribution in [0.1, 0.15) is 67.3 Å². The summed E-state index contributed by atoms with van der Waals surface area (Å²) in [4.78, 5) is 14.8. The van der Waals surface area contributed by atoms with Gasteiger partial charge in [-0.3, -0.25) is 9.69 Å². The maximum absolute atomic E-state index is 12.3. The van der Waals surface area contributed by atoms with Gasteiger partial charge in [0.05, 0.1) is 0 Å². The summed E-state index contributed by atoms with van der Waals surface area (Å²) >= 11 is 0. The molecule has 126 valence electrons. The fourth-order valence-electron chi connectivity index (χ4n) is 3.87. The van der Waals surface area contributed by atoms with Crippen molar-refractivity contribution >= 4 is 5.91 Å². The highest BCUT2D eigenvalue weighted by Crippen LogP contribution is 2.22. The molecule has 1 aromatic rings. The quantitative estimate of drug-likeness (QED) is 0.891. The molecule has 0 radical (unpaired) electrons. The largest absolute Gasteiger partial charge is 0.352 e. The molecule has 0 unspecified atom stereocenters. The highest BCUT2D eigenvalue weighted by molar-refractivity contribution is 5.94. The fraction of sp³-hybridized carbons (Fsp3) is 0.650. The number of nitrogens with one attached hydrogen (secondary N) is 1. The van der Waals surface area contributed by atoms with Crippen molar-refractivity contribution in [2.45, 2.75) is 57.9 Å². The second-order valence-corrected chi connectivity index (χ2v) is 7.25. The van der Waals surface area contributed by atoms with Crippen LogP contribution >= 0.6 is 0 Å². The summed E-state index contributed by atoms with van der Waals surface area (Å²) in [7, 11) is 0. The van der Waals surface area contributed by atoms with E-state index in [1.807, 2.05) is 12.1 Å². The Hall–Kier alpha value is -1.35. The molecule has 1 amide bonds. The van der Waals surface area contributed by atoms with E-state index >= 15 is 0 Å². The summed E-state index contributed by atoms with van der Waals surface area (Å²) in [6.45, 7) is 4.28. The van der Waals surface area contributed by atoms with Gasteiger partial charge in [-0.15, -0.1) is 0 Å². The summed E-state index contributed by atoms with van der Waals surface area (Å²) in [5.41, 5.74) is 2.11. The van der Waals surface area contributed by atoms with Crippen LogP contribution in [0.2, 0.25) is 0 Å². The van der Waals surface area contributed by atoms with E-state index in [1.54, 1.807) is 0 Å². The van der Waals surface area contributed by atoms with Crippen molar-refractivity contribution < 1.29 is 4.79 Å². The van der Waals surface area contributed by atoms with Crippen LogP contribution in [-0.4, -0.2) is 30.4 Å². The fourth-order valence-corrected chi connectivity index (χ4v) is 3.87. The summed E-state index contributed by atoms with van der Waals surface area (Å²) in [5, 5.41) is 3.12. The van der Waals surface area contributed by atoms with E-state index in [9.17, 15) is 4.79 Å². The molecule has 3 nitrogen and oxygen atoms in total. The standard InChI is InChI=1S/C20H30N2O/c23-20(21-15-17-7-3-1-4-8-17)19-11-9-18(10-12-19)16-22-13-5-2-6-14-22/h9-12,17H,1-8,13-16H2,(H,21,23). The molecule has 1 saturated heterocycles. The zero-order chi connectivity index (χ0) is 15.9. The third-order valence-electron chi connectivity index (χ3n) is 5.35. The summed E-state index contributed by atoms with van der Waals surface area (Å²) in [6.07, 6.45) is 10.6. The number of amides is 1. The predicted octanol–water partition coefficient (Wildman–Crippen LogP) is 3.98. The van der Waals surface area contributed by atoms with E-state index in [-0.39, 0.29) is 5.91 Å². The van der Waals surface area contributed by atoms with Gasteiger partial charge in [0, 0.05) is 18.7 Å². The smallest absolute Gasteiger partial charge is 0.251 e. The lowest BCUT2D eigenvalue weighted by Gasteiger charge is -2.26. The van der Waals surface area contributed by atoms with Crippen LogP contribution in [0.4, 0.5) is 0 Å². The first-order chi connectivity index (χ1) is 11.3. The minimum absolute atomic E-state index is 0.0834. The van der Waals surface area contributed by atoms with E-state index in [0.717, 1.165) is 18.7 Å². The molecular weight excluding hydrogens is 284 g/mol. The van der Waals surface area contributed by atoms with Crippen molar-refractivity contribution in [1.82, 2.24) is 10.2 Å². The Bertz CT molecular complexity index is 485. The van der Waals surface area contributed by atoms with E-state index < -0.39 is 0 Å². The van der Waals surface area contributed by atoms with Crippen LogP contribution < -0.4 is 5.32 Å². The molecule has 0 bridgehead atoms. The van der Waals surface area contributed by atoms with Crippen molar-refractivity contribution in [2.75, 3.05) is 19.6 Å². The molecule has 1 aliphatic carbocycles. The van der Waals surface area contributed by atoms with Crippen LogP contribution in [0.25, 0.3) is 0 Å². The van der Waals surface area contributed by atoms with E-state index in [0.29, 0.717) is 5.92 Å². The maximum Gasteiger partial charge on any atom is 0.251 e. The molecular formula is C20H30N2O. The normalized spacial score (nSPS) is 20.3. The molecule has 1 saturated carbocycles. The van der Waals surface area contributed by atoms with E-state index in [4.69, 9.17) is 0 Å². The third kappa shape index (κ3) is 5.07. The molecule has 3 rings (SSSR count). The minimum Gasteiger partial charge on any atom is -0.352 e. The van der Waals surface area contributed by atoms with Gasteiger partial charge in [-0.25, -0.2) is 0 Å². The molecule has 3 heteroatoms. The molecule has 1 aromatic carbocycles. The highest BCUT2D eigenvalue weighted by atomic mass is 16.1. The Morgan fingerprint density at radius 3 is 2.30 bits per heavy atom. The highest BCUT2D eigenvalue weighted by Gasteiger charge is 2.15. The lowest BCUT2D eigenvalue weighted by Crippen LogP contribution is -2.30. The first kappa shape index (κ1) is 16.5. The summed E-state index contributed by atoms with van der Waals surface area (Å²) in [6, 6.07) is 8.19. The van der Waals surface area contributed by atoms with Gasteiger partial charge in [-0.05, 0) is 62.4 Å². The van der Waals surface area contributed by atoms with Crippen molar-refractivity contribution in [2.24, 2.45) is 5.92 Å². The third-order valence-corrected chi connectivity index (χ3v) is 5.35. The Balaban J connectivity index is 1.46. The number of carbonyl (C=O) groups excluding carboxylic acids is 1. The Labute approximate surface area is 140 Å². The lowest BCUT2D eigenvalue weighted by atomic mass is 9.89. The Kier molecular flexibility index (Phi) is 6.09. The SMILES string of the molecule is O=C(NCC1CCCCC1)c1ccc(CN2CCCCC2)cc1. The van der Waals surface area contributed by atoms with Crippen LogP contribution in [0.15, 0.2) is 24.3 Å². The number of piperidine rings is 1. The molecule has 1 heterocycles. The van der Waals surface area contributed by atoms with Crippen LogP contribution in [0, 0.1) is 5.92 Å². The van der Waals surface area contributed by atoms with Crippen LogP contribution in [-0.2, 0) is 6.54 Å². The molecule has 2 fully saturated rings. The molecule has 2 aliphatic rings. The van der Waals surface area contributed by atoms with Crippen LogP contribution in [0.3, 0.4) is 0 Å². The average molecular weight is 314 g/mol. The Morgan fingerprint density at radius 2 is 1.61 bits per heavy atom. The molecule has 1 N–H and O–H groups in total. The van der Waals surface area contributed by atoms with E-state index in [1.165, 1.54) is 70.0 Å². The van der Waals surface area contributed by atoms with Crippen molar-refractivity contribution in [3.05, 3.63) is 35.4 Å².